The maximum atomic E-state index is 12.8. The number of carbonyl (C=O) groups is 1. The highest BCUT2D eigenvalue weighted by Crippen LogP contribution is 2.29. The highest BCUT2D eigenvalue weighted by Gasteiger charge is 2.33. The van der Waals surface area contributed by atoms with Crippen LogP contribution in [0.5, 0.6) is 0 Å². The lowest BCUT2D eigenvalue weighted by molar-refractivity contribution is -0.0956. The van der Waals surface area contributed by atoms with Gasteiger partial charge >= 0.3 is 0 Å². The van der Waals surface area contributed by atoms with E-state index in [2.05, 4.69) is 4.98 Å². The first kappa shape index (κ1) is 15.8. The van der Waals surface area contributed by atoms with Crippen LogP contribution in [0, 0.1) is 12.8 Å². The standard InChI is InChI=1S/C17H20N2O4S/c1-11-14(18-15(23-11)13-3-2-10-24-13)16(20)19-6-4-12(5-7-19)17-21-8-9-22-17/h2-3,10,12,17H,4-9H2,1H3. The van der Waals surface area contributed by atoms with Crippen LogP contribution in [0.3, 0.4) is 0 Å². The molecule has 0 aromatic carbocycles. The Bertz CT molecular complexity index is 698. The van der Waals surface area contributed by atoms with Crippen LogP contribution in [0.2, 0.25) is 0 Å². The molecule has 4 rings (SSSR count). The lowest BCUT2D eigenvalue weighted by Crippen LogP contribution is -2.41. The summed E-state index contributed by atoms with van der Waals surface area (Å²) in [6.07, 6.45) is 1.69. The number of hydrogen-bond acceptors (Lipinski definition) is 6. The number of thiophene rings is 1. The number of likely N-dealkylation sites (tertiary alicyclic amines) is 1. The van der Waals surface area contributed by atoms with E-state index in [-0.39, 0.29) is 12.2 Å². The van der Waals surface area contributed by atoms with Crippen LogP contribution >= 0.6 is 11.3 Å². The van der Waals surface area contributed by atoms with Gasteiger partial charge in [0.1, 0.15) is 5.76 Å². The predicted octanol–water partition coefficient (Wildman–Crippen LogP) is 2.94. The summed E-state index contributed by atoms with van der Waals surface area (Å²) < 4.78 is 16.9. The van der Waals surface area contributed by atoms with Crippen molar-refractivity contribution < 1.29 is 18.7 Å². The third-order valence-corrected chi connectivity index (χ3v) is 5.45. The third kappa shape index (κ3) is 2.99. The fraction of sp³-hybridized carbons (Fsp3) is 0.529. The van der Waals surface area contributed by atoms with Crippen LogP contribution in [0.25, 0.3) is 10.8 Å². The van der Waals surface area contributed by atoms with E-state index in [0.717, 1.165) is 17.7 Å². The summed E-state index contributed by atoms with van der Waals surface area (Å²) in [6, 6.07) is 3.89. The van der Waals surface area contributed by atoms with Gasteiger partial charge in [0.15, 0.2) is 12.0 Å². The Morgan fingerprint density at radius 3 is 2.71 bits per heavy atom. The molecule has 2 aliphatic heterocycles. The lowest BCUT2D eigenvalue weighted by Gasteiger charge is -2.33. The smallest absolute Gasteiger partial charge is 0.276 e. The van der Waals surface area contributed by atoms with E-state index in [1.54, 1.807) is 18.3 Å². The zero-order valence-corrected chi connectivity index (χ0v) is 14.4. The highest BCUT2D eigenvalue weighted by molar-refractivity contribution is 7.13. The van der Waals surface area contributed by atoms with Crippen LogP contribution < -0.4 is 0 Å². The minimum absolute atomic E-state index is 0.0502. The second-order valence-electron chi connectivity index (χ2n) is 6.14. The summed E-state index contributed by atoms with van der Waals surface area (Å²) in [5.74, 6) is 1.42. The van der Waals surface area contributed by atoms with Crippen molar-refractivity contribution in [2.75, 3.05) is 26.3 Å². The zero-order valence-electron chi connectivity index (χ0n) is 13.6. The van der Waals surface area contributed by atoms with Gasteiger partial charge in [-0.1, -0.05) is 6.07 Å². The summed E-state index contributed by atoms with van der Waals surface area (Å²) in [5.41, 5.74) is 0.421. The number of ether oxygens (including phenoxy) is 2. The van der Waals surface area contributed by atoms with Crippen molar-refractivity contribution in [1.29, 1.82) is 0 Å². The molecule has 128 valence electrons. The molecule has 0 atom stereocenters. The average Bonchev–Trinajstić information content (AvgIpc) is 3.35. The fourth-order valence-electron chi connectivity index (χ4n) is 3.27. The lowest BCUT2D eigenvalue weighted by atomic mass is 9.96. The molecular weight excluding hydrogens is 328 g/mol. The maximum Gasteiger partial charge on any atom is 0.276 e. The molecule has 2 aromatic rings. The molecule has 4 heterocycles. The van der Waals surface area contributed by atoms with Gasteiger partial charge in [0.05, 0.1) is 18.1 Å². The number of amides is 1. The molecule has 0 spiro atoms. The van der Waals surface area contributed by atoms with Gasteiger partial charge < -0.3 is 18.8 Å². The first-order valence-corrected chi connectivity index (χ1v) is 9.14. The Balaban J connectivity index is 1.43. The van der Waals surface area contributed by atoms with Crippen LogP contribution in [0.1, 0.15) is 29.1 Å². The quantitative estimate of drug-likeness (QED) is 0.853. The van der Waals surface area contributed by atoms with Gasteiger partial charge in [0.2, 0.25) is 5.89 Å². The second-order valence-corrected chi connectivity index (χ2v) is 7.09. The van der Waals surface area contributed by atoms with Crippen molar-refractivity contribution in [3.63, 3.8) is 0 Å². The van der Waals surface area contributed by atoms with Gasteiger partial charge in [-0.3, -0.25) is 4.79 Å². The van der Waals surface area contributed by atoms with E-state index in [1.165, 1.54) is 0 Å². The number of oxazole rings is 1. The summed E-state index contributed by atoms with van der Waals surface area (Å²) in [5, 5.41) is 1.97. The molecule has 0 unspecified atom stereocenters. The summed E-state index contributed by atoms with van der Waals surface area (Å²) in [4.78, 5) is 20.0. The molecule has 1 amide bonds. The van der Waals surface area contributed by atoms with Gasteiger partial charge in [-0.15, -0.1) is 11.3 Å². The zero-order chi connectivity index (χ0) is 16.5. The summed E-state index contributed by atoms with van der Waals surface area (Å²) in [7, 11) is 0. The Morgan fingerprint density at radius 1 is 1.29 bits per heavy atom. The number of carbonyl (C=O) groups excluding carboxylic acids is 1. The van der Waals surface area contributed by atoms with Crippen molar-refractivity contribution in [2.45, 2.75) is 26.1 Å². The minimum Gasteiger partial charge on any atom is -0.440 e. The number of piperidine rings is 1. The van der Waals surface area contributed by atoms with Crippen LogP contribution in [-0.2, 0) is 9.47 Å². The van der Waals surface area contributed by atoms with Crippen LogP contribution in [0.4, 0.5) is 0 Å². The Hall–Kier alpha value is -1.70. The number of aromatic nitrogens is 1. The highest BCUT2D eigenvalue weighted by atomic mass is 32.1. The van der Waals surface area contributed by atoms with Crippen molar-refractivity contribution in [3.05, 3.63) is 29.0 Å². The molecule has 0 N–H and O–H groups in total. The van der Waals surface area contributed by atoms with Gasteiger partial charge in [0, 0.05) is 19.0 Å². The van der Waals surface area contributed by atoms with E-state index >= 15 is 0 Å². The minimum atomic E-state index is -0.0959. The molecule has 0 radical (unpaired) electrons. The Labute approximate surface area is 144 Å². The average molecular weight is 348 g/mol. The first-order valence-electron chi connectivity index (χ1n) is 8.26. The fourth-order valence-corrected chi connectivity index (χ4v) is 3.92. The largest absolute Gasteiger partial charge is 0.440 e. The van der Waals surface area contributed by atoms with E-state index in [9.17, 15) is 4.79 Å². The normalized spacial score (nSPS) is 20.0. The van der Waals surface area contributed by atoms with E-state index < -0.39 is 0 Å². The molecule has 0 aliphatic carbocycles. The molecule has 2 fully saturated rings. The summed E-state index contributed by atoms with van der Waals surface area (Å²) >= 11 is 1.55. The van der Waals surface area contributed by atoms with E-state index in [4.69, 9.17) is 13.9 Å². The Morgan fingerprint density at radius 2 is 2.04 bits per heavy atom. The van der Waals surface area contributed by atoms with Gasteiger partial charge in [0.25, 0.3) is 5.91 Å². The molecule has 2 saturated heterocycles. The van der Waals surface area contributed by atoms with E-state index in [1.807, 2.05) is 22.4 Å². The Kier molecular flexibility index (Phi) is 4.39. The van der Waals surface area contributed by atoms with Crippen LogP contribution in [0.15, 0.2) is 21.9 Å². The predicted molar refractivity (Wildman–Crippen MR) is 88.9 cm³/mol. The van der Waals surface area contributed by atoms with Crippen molar-refractivity contribution >= 4 is 17.2 Å². The molecule has 6 nitrogen and oxygen atoms in total. The van der Waals surface area contributed by atoms with Crippen molar-refractivity contribution in [1.82, 2.24) is 9.88 Å². The van der Waals surface area contributed by atoms with E-state index in [0.29, 0.717) is 49.6 Å². The van der Waals surface area contributed by atoms with Crippen LogP contribution in [-0.4, -0.2) is 48.4 Å². The monoisotopic (exact) mass is 348 g/mol. The maximum absolute atomic E-state index is 12.8. The number of hydrogen-bond donors (Lipinski definition) is 0. The molecule has 0 bridgehead atoms. The van der Waals surface area contributed by atoms with Gasteiger partial charge in [-0.25, -0.2) is 4.98 Å². The molecule has 2 aliphatic rings. The molecule has 2 aromatic heterocycles. The van der Waals surface area contributed by atoms with Crippen molar-refractivity contribution in [3.8, 4) is 10.8 Å². The third-order valence-electron chi connectivity index (χ3n) is 4.59. The molecule has 24 heavy (non-hydrogen) atoms. The molecule has 0 saturated carbocycles. The van der Waals surface area contributed by atoms with Gasteiger partial charge in [-0.05, 0) is 31.2 Å². The number of aryl methyl sites for hydroxylation is 1. The molecular formula is C17H20N2O4S. The van der Waals surface area contributed by atoms with Crippen molar-refractivity contribution in [2.24, 2.45) is 5.92 Å². The number of nitrogens with zero attached hydrogens (tertiary/aromatic N) is 2. The molecule has 7 heteroatoms. The summed E-state index contributed by atoms with van der Waals surface area (Å²) in [6.45, 7) is 4.55. The number of rotatable bonds is 3. The first-order chi connectivity index (χ1) is 11.7. The van der Waals surface area contributed by atoms with Gasteiger partial charge in [-0.2, -0.15) is 0 Å². The topological polar surface area (TPSA) is 64.8 Å². The second kappa shape index (κ2) is 6.66. The SMILES string of the molecule is Cc1oc(-c2cccs2)nc1C(=O)N1CCC(C2OCCO2)CC1.